The third kappa shape index (κ3) is 1.32. The topological polar surface area (TPSA) is 71.8 Å². The Morgan fingerprint density at radius 1 is 1.90 bits per heavy atom. The Morgan fingerprint density at radius 2 is 2.60 bits per heavy atom. The van der Waals surface area contributed by atoms with Crippen molar-refractivity contribution in [1.82, 2.24) is 10.2 Å². The van der Waals surface area contributed by atoms with Crippen molar-refractivity contribution < 1.29 is 8.60 Å². The fourth-order valence-electron chi connectivity index (χ4n) is 0.494. The number of nitrogen functional groups attached to an aromatic ring is 1. The van der Waals surface area contributed by atoms with Gasteiger partial charge in [0.1, 0.15) is 21.6 Å². The van der Waals surface area contributed by atoms with E-state index in [2.05, 4.69) is 10.2 Å². The Kier molecular flexibility index (Phi) is 2.00. The SMILES string of the molecule is Nc1cc(S(=O)CF)[nH]n1. The van der Waals surface area contributed by atoms with E-state index in [1.165, 1.54) is 6.07 Å². The van der Waals surface area contributed by atoms with E-state index in [1.807, 2.05) is 0 Å². The number of aromatic amines is 1. The van der Waals surface area contributed by atoms with Crippen LogP contribution in [0.4, 0.5) is 10.2 Å². The van der Waals surface area contributed by atoms with E-state index in [0.717, 1.165) is 0 Å². The number of hydrogen-bond donors (Lipinski definition) is 2. The Labute approximate surface area is 59.1 Å². The molecule has 1 aromatic rings. The highest BCUT2D eigenvalue weighted by Gasteiger charge is 2.04. The molecule has 1 heterocycles. The Hall–Kier alpha value is -0.910. The first kappa shape index (κ1) is 7.20. The summed E-state index contributed by atoms with van der Waals surface area (Å²) >= 11 is 0. The monoisotopic (exact) mass is 163 g/mol. The van der Waals surface area contributed by atoms with E-state index in [1.54, 1.807) is 0 Å². The molecule has 0 saturated heterocycles. The summed E-state index contributed by atoms with van der Waals surface area (Å²) in [5.74, 6) is 0.219. The van der Waals surface area contributed by atoms with E-state index >= 15 is 0 Å². The van der Waals surface area contributed by atoms with Crippen LogP contribution in [0.2, 0.25) is 0 Å². The summed E-state index contributed by atoms with van der Waals surface area (Å²) in [5, 5.41) is 6.04. The van der Waals surface area contributed by atoms with Gasteiger partial charge in [0.05, 0.1) is 0 Å². The number of anilines is 1. The van der Waals surface area contributed by atoms with Gasteiger partial charge in [0.2, 0.25) is 0 Å². The molecule has 0 aliphatic carbocycles. The van der Waals surface area contributed by atoms with Gasteiger partial charge in [-0.1, -0.05) is 0 Å². The van der Waals surface area contributed by atoms with E-state index in [9.17, 15) is 8.60 Å². The van der Waals surface area contributed by atoms with Gasteiger partial charge in [0.25, 0.3) is 0 Å². The number of alkyl halides is 1. The fourth-order valence-corrected chi connectivity index (χ4v) is 1.01. The molecule has 1 rings (SSSR count). The van der Waals surface area contributed by atoms with Crippen LogP contribution in [-0.4, -0.2) is 20.4 Å². The molecular formula is C4H6FN3OS. The molecule has 56 valence electrons. The summed E-state index contributed by atoms with van der Waals surface area (Å²) in [5.41, 5.74) is 5.17. The van der Waals surface area contributed by atoms with Gasteiger partial charge in [-0.15, -0.1) is 0 Å². The van der Waals surface area contributed by atoms with Crippen molar-refractivity contribution in [2.24, 2.45) is 0 Å². The molecule has 0 fully saturated rings. The highest BCUT2D eigenvalue weighted by molar-refractivity contribution is 7.84. The van der Waals surface area contributed by atoms with Crippen molar-refractivity contribution >= 4 is 16.6 Å². The molecule has 0 amide bonds. The molecule has 1 aromatic heterocycles. The predicted octanol–water partition coefficient (Wildman–Crippen LogP) is 0.0265. The van der Waals surface area contributed by atoms with Crippen molar-refractivity contribution in [3.8, 4) is 0 Å². The van der Waals surface area contributed by atoms with Crippen LogP contribution in [0, 0.1) is 0 Å². The molecule has 0 bridgehead atoms. The van der Waals surface area contributed by atoms with Gasteiger partial charge >= 0.3 is 0 Å². The molecule has 3 N–H and O–H groups in total. The van der Waals surface area contributed by atoms with E-state index < -0.39 is 16.8 Å². The van der Waals surface area contributed by atoms with E-state index in [0.29, 0.717) is 0 Å². The lowest BCUT2D eigenvalue weighted by molar-refractivity contribution is 0.579. The minimum Gasteiger partial charge on any atom is -0.382 e. The zero-order chi connectivity index (χ0) is 7.56. The number of nitrogens with two attached hydrogens (primary N) is 1. The number of aromatic nitrogens is 2. The van der Waals surface area contributed by atoms with Gasteiger partial charge in [-0.2, -0.15) is 5.10 Å². The number of H-pyrrole nitrogens is 1. The van der Waals surface area contributed by atoms with Crippen LogP contribution in [0.3, 0.4) is 0 Å². The zero-order valence-corrected chi connectivity index (χ0v) is 5.82. The van der Waals surface area contributed by atoms with Crippen molar-refractivity contribution in [3.63, 3.8) is 0 Å². The highest BCUT2D eigenvalue weighted by Crippen LogP contribution is 2.05. The smallest absolute Gasteiger partial charge is 0.170 e. The third-order valence-corrected chi connectivity index (χ3v) is 1.82. The minimum absolute atomic E-state index is 0.219. The van der Waals surface area contributed by atoms with Crippen LogP contribution in [0.25, 0.3) is 0 Å². The van der Waals surface area contributed by atoms with Crippen molar-refractivity contribution in [1.29, 1.82) is 0 Å². The highest BCUT2D eigenvalue weighted by atomic mass is 32.2. The molecule has 10 heavy (non-hydrogen) atoms. The van der Waals surface area contributed by atoms with Crippen molar-refractivity contribution in [2.45, 2.75) is 5.03 Å². The average Bonchev–Trinajstić information content (AvgIpc) is 2.34. The second-order valence-corrected chi connectivity index (χ2v) is 2.96. The first-order chi connectivity index (χ1) is 4.74. The number of halogens is 1. The summed E-state index contributed by atoms with van der Waals surface area (Å²) in [6.45, 7) is 0. The molecule has 0 aliphatic heterocycles. The minimum atomic E-state index is -1.63. The fraction of sp³-hybridized carbons (Fsp3) is 0.250. The van der Waals surface area contributed by atoms with Crippen molar-refractivity contribution in [2.75, 3.05) is 11.7 Å². The molecular weight excluding hydrogens is 157 g/mol. The average molecular weight is 163 g/mol. The second kappa shape index (κ2) is 2.78. The second-order valence-electron chi connectivity index (χ2n) is 1.61. The molecule has 1 unspecified atom stereocenters. The molecule has 0 radical (unpaired) electrons. The van der Waals surface area contributed by atoms with E-state index in [-0.39, 0.29) is 10.8 Å². The summed E-state index contributed by atoms with van der Waals surface area (Å²) < 4.78 is 22.3. The van der Waals surface area contributed by atoms with E-state index in [4.69, 9.17) is 5.73 Å². The normalized spacial score (nSPS) is 13.3. The quantitative estimate of drug-likeness (QED) is 0.646. The van der Waals surface area contributed by atoms with Crippen LogP contribution in [0.15, 0.2) is 11.1 Å². The first-order valence-corrected chi connectivity index (χ1v) is 3.81. The zero-order valence-electron chi connectivity index (χ0n) is 5.00. The Morgan fingerprint density at radius 3 is 3.00 bits per heavy atom. The summed E-state index contributed by atoms with van der Waals surface area (Å²) in [7, 11) is -1.63. The van der Waals surface area contributed by atoms with Crippen LogP contribution in [0.1, 0.15) is 0 Å². The maximum atomic E-state index is 11.7. The standard InChI is InChI=1S/C4H6FN3OS/c5-2-10(9)4-1-3(6)7-8-4/h1H,2H2,(H3,6,7,8). The van der Waals surface area contributed by atoms with Crippen LogP contribution in [-0.2, 0) is 10.8 Å². The summed E-state index contributed by atoms with van der Waals surface area (Å²) in [6, 6.07) is 0.428. The maximum Gasteiger partial charge on any atom is 0.170 e. The lowest BCUT2D eigenvalue weighted by atomic mass is 10.7. The molecule has 1 atom stereocenters. The Bertz CT molecular complexity index is 248. The summed E-state index contributed by atoms with van der Waals surface area (Å²) in [6.07, 6.45) is 0. The van der Waals surface area contributed by atoms with Crippen LogP contribution in [0.5, 0.6) is 0 Å². The number of nitrogens with zero attached hydrogens (tertiary/aromatic N) is 1. The molecule has 0 aliphatic rings. The lowest BCUT2D eigenvalue weighted by Gasteiger charge is -1.86. The van der Waals surface area contributed by atoms with Gasteiger partial charge in [-0.25, -0.2) is 4.39 Å². The predicted molar refractivity (Wildman–Crippen MR) is 35.4 cm³/mol. The van der Waals surface area contributed by atoms with Crippen LogP contribution >= 0.6 is 0 Å². The largest absolute Gasteiger partial charge is 0.382 e. The van der Waals surface area contributed by atoms with Crippen LogP contribution < -0.4 is 5.73 Å². The van der Waals surface area contributed by atoms with Gasteiger partial charge in [0.15, 0.2) is 6.01 Å². The van der Waals surface area contributed by atoms with Gasteiger partial charge in [-0.05, 0) is 0 Å². The first-order valence-electron chi connectivity index (χ1n) is 2.49. The number of hydrogen-bond acceptors (Lipinski definition) is 3. The molecule has 0 saturated carbocycles. The molecule has 0 spiro atoms. The van der Waals surface area contributed by atoms with Gasteiger partial charge in [0, 0.05) is 6.07 Å². The van der Waals surface area contributed by atoms with Gasteiger partial charge < -0.3 is 5.73 Å². The number of rotatable bonds is 2. The molecule has 0 aromatic carbocycles. The lowest BCUT2D eigenvalue weighted by Crippen LogP contribution is -1.92. The molecule has 4 nitrogen and oxygen atoms in total. The molecule has 6 heteroatoms. The Balaban J connectivity index is 2.85. The van der Waals surface area contributed by atoms with Crippen molar-refractivity contribution in [3.05, 3.63) is 6.07 Å². The third-order valence-electron chi connectivity index (χ3n) is 0.919. The van der Waals surface area contributed by atoms with Gasteiger partial charge in [-0.3, -0.25) is 9.31 Å². The summed E-state index contributed by atoms with van der Waals surface area (Å²) in [4.78, 5) is 0. The number of nitrogens with one attached hydrogen (secondary N) is 1. The maximum absolute atomic E-state index is 11.7.